The highest BCUT2D eigenvalue weighted by atomic mass is 79.9. The normalized spacial score (nSPS) is 29.5. The molecular weight excluding hydrogens is 366 g/mol. The van der Waals surface area contributed by atoms with Crippen LogP contribution in [0.5, 0.6) is 0 Å². The maximum atomic E-state index is 11.5. The number of nitrogens with zero attached hydrogens (tertiary/aromatic N) is 2. The van der Waals surface area contributed by atoms with Crippen LogP contribution >= 0.6 is 15.9 Å². The van der Waals surface area contributed by atoms with Crippen molar-refractivity contribution in [3.8, 4) is 0 Å². The van der Waals surface area contributed by atoms with Gasteiger partial charge in [-0.3, -0.25) is 4.98 Å². The zero-order valence-electron chi connectivity index (χ0n) is 12.7. The van der Waals surface area contributed by atoms with Gasteiger partial charge >= 0.3 is 0 Å². The van der Waals surface area contributed by atoms with Gasteiger partial charge in [-0.05, 0) is 59.8 Å². The van der Waals surface area contributed by atoms with Gasteiger partial charge in [-0.1, -0.05) is 0 Å². The highest BCUT2D eigenvalue weighted by Crippen LogP contribution is 2.36. The van der Waals surface area contributed by atoms with E-state index in [-0.39, 0.29) is 0 Å². The van der Waals surface area contributed by atoms with E-state index in [9.17, 15) is 8.42 Å². The van der Waals surface area contributed by atoms with E-state index in [4.69, 9.17) is 0 Å². The van der Waals surface area contributed by atoms with E-state index in [1.807, 2.05) is 12.3 Å². The van der Waals surface area contributed by atoms with Crippen LogP contribution in [0.2, 0.25) is 0 Å². The Morgan fingerprint density at radius 1 is 1.41 bits per heavy atom. The fourth-order valence-electron chi connectivity index (χ4n) is 3.25. The second kappa shape index (κ2) is 6.55. The summed E-state index contributed by atoms with van der Waals surface area (Å²) in [5.74, 6) is 1.00. The van der Waals surface area contributed by atoms with Gasteiger partial charge in [0.05, 0.1) is 6.26 Å². The molecule has 1 atom stereocenters. The third-order valence-electron chi connectivity index (χ3n) is 4.72. The Morgan fingerprint density at radius 3 is 2.77 bits per heavy atom. The van der Waals surface area contributed by atoms with E-state index in [0.29, 0.717) is 31.0 Å². The lowest BCUT2D eigenvalue weighted by Gasteiger charge is -2.36. The van der Waals surface area contributed by atoms with Crippen LogP contribution in [0.3, 0.4) is 0 Å². The molecule has 122 valence electrons. The number of hydrogen-bond donors (Lipinski definition) is 1. The Hall–Kier alpha value is -0.500. The lowest BCUT2D eigenvalue weighted by Crippen LogP contribution is -2.42. The molecule has 3 rings (SSSR count). The van der Waals surface area contributed by atoms with Crippen LogP contribution in [0.15, 0.2) is 22.8 Å². The van der Waals surface area contributed by atoms with Crippen LogP contribution in [0.1, 0.15) is 30.9 Å². The van der Waals surface area contributed by atoms with Gasteiger partial charge < -0.3 is 5.32 Å². The highest BCUT2D eigenvalue weighted by molar-refractivity contribution is 9.10. The van der Waals surface area contributed by atoms with Crippen molar-refractivity contribution in [2.24, 2.45) is 5.92 Å². The maximum Gasteiger partial charge on any atom is 0.211 e. The molecule has 2 aliphatic rings. The van der Waals surface area contributed by atoms with Crippen LogP contribution in [0.25, 0.3) is 0 Å². The van der Waals surface area contributed by atoms with Crippen molar-refractivity contribution < 1.29 is 8.42 Å². The monoisotopic (exact) mass is 387 g/mol. The summed E-state index contributed by atoms with van der Waals surface area (Å²) in [5.41, 5.74) is 1.17. The van der Waals surface area contributed by atoms with E-state index in [2.05, 4.69) is 32.3 Å². The molecule has 1 aliphatic heterocycles. The minimum absolute atomic E-state index is 0.444. The molecular formula is C15H22BrN3O2S. The fraction of sp³-hybridized carbons (Fsp3) is 0.667. The van der Waals surface area contributed by atoms with E-state index in [1.165, 1.54) is 11.9 Å². The molecule has 2 fully saturated rings. The SMILES string of the molecule is CS(=O)(=O)N1CCC(CNC2CC(c3ccc(Br)cn3)C2)C1. The average molecular weight is 388 g/mol. The smallest absolute Gasteiger partial charge is 0.211 e. The van der Waals surface area contributed by atoms with Crippen molar-refractivity contribution in [1.29, 1.82) is 0 Å². The predicted octanol–water partition coefficient (Wildman–Crippen LogP) is 1.96. The molecule has 1 aromatic rings. The number of pyridine rings is 1. The molecule has 0 radical (unpaired) electrons. The van der Waals surface area contributed by atoms with Crippen molar-refractivity contribution in [1.82, 2.24) is 14.6 Å². The first-order valence-electron chi connectivity index (χ1n) is 7.72. The van der Waals surface area contributed by atoms with Gasteiger partial charge in [-0.2, -0.15) is 0 Å². The van der Waals surface area contributed by atoms with E-state index >= 15 is 0 Å². The van der Waals surface area contributed by atoms with E-state index < -0.39 is 10.0 Å². The molecule has 1 unspecified atom stereocenters. The zero-order valence-corrected chi connectivity index (χ0v) is 15.1. The van der Waals surface area contributed by atoms with Gasteiger partial charge in [0, 0.05) is 41.4 Å². The summed E-state index contributed by atoms with van der Waals surface area (Å²) in [7, 11) is -3.02. The zero-order chi connectivity index (χ0) is 15.7. The Labute approximate surface area is 140 Å². The third kappa shape index (κ3) is 3.88. The Morgan fingerprint density at radius 2 is 2.18 bits per heavy atom. The Balaban J connectivity index is 1.39. The molecule has 1 N–H and O–H groups in total. The minimum Gasteiger partial charge on any atom is -0.314 e. The number of rotatable bonds is 5. The second-order valence-corrected chi connectivity index (χ2v) is 9.35. The van der Waals surface area contributed by atoms with Gasteiger partial charge in [0.2, 0.25) is 10.0 Å². The van der Waals surface area contributed by atoms with Crippen LogP contribution in [-0.2, 0) is 10.0 Å². The molecule has 1 saturated heterocycles. The summed E-state index contributed by atoms with van der Waals surface area (Å²) in [4.78, 5) is 4.46. The highest BCUT2D eigenvalue weighted by Gasteiger charge is 2.33. The largest absolute Gasteiger partial charge is 0.314 e. The van der Waals surface area contributed by atoms with Crippen LogP contribution in [0, 0.1) is 5.92 Å². The summed E-state index contributed by atoms with van der Waals surface area (Å²) >= 11 is 3.41. The molecule has 2 heterocycles. The van der Waals surface area contributed by atoms with Crippen LogP contribution in [0.4, 0.5) is 0 Å². The van der Waals surface area contributed by atoms with Gasteiger partial charge in [-0.25, -0.2) is 12.7 Å². The third-order valence-corrected chi connectivity index (χ3v) is 6.46. The van der Waals surface area contributed by atoms with Crippen LogP contribution < -0.4 is 5.32 Å². The maximum absolute atomic E-state index is 11.5. The average Bonchev–Trinajstić information content (AvgIpc) is 2.88. The van der Waals surface area contributed by atoms with Gasteiger partial charge in [0.25, 0.3) is 0 Å². The molecule has 1 aromatic heterocycles. The fourth-order valence-corrected chi connectivity index (χ4v) is 4.41. The molecule has 5 nitrogen and oxygen atoms in total. The molecule has 1 aliphatic carbocycles. The first kappa shape index (κ1) is 16.4. The van der Waals surface area contributed by atoms with Crippen LogP contribution in [-0.4, -0.2) is 49.6 Å². The number of hydrogen-bond acceptors (Lipinski definition) is 4. The van der Waals surface area contributed by atoms with E-state index in [1.54, 1.807) is 4.31 Å². The number of nitrogens with one attached hydrogen (secondary N) is 1. The molecule has 7 heteroatoms. The van der Waals surface area contributed by atoms with Crippen molar-refractivity contribution in [2.45, 2.75) is 31.2 Å². The Bertz CT molecular complexity index is 614. The minimum atomic E-state index is -3.02. The second-order valence-electron chi connectivity index (χ2n) is 6.45. The molecule has 0 amide bonds. The van der Waals surface area contributed by atoms with Crippen molar-refractivity contribution in [2.75, 3.05) is 25.9 Å². The summed E-state index contributed by atoms with van der Waals surface area (Å²) < 4.78 is 25.6. The number of aromatic nitrogens is 1. The number of sulfonamides is 1. The van der Waals surface area contributed by atoms with Crippen molar-refractivity contribution in [3.05, 3.63) is 28.5 Å². The molecule has 0 spiro atoms. The summed E-state index contributed by atoms with van der Waals surface area (Å²) in [6.45, 7) is 2.24. The lowest BCUT2D eigenvalue weighted by molar-refractivity contribution is 0.273. The summed E-state index contributed by atoms with van der Waals surface area (Å²) in [6.07, 6.45) is 6.36. The number of halogens is 1. The molecule has 22 heavy (non-hydrogen) atoms. The predicted molar refractivity (Wildman–Crippen MR) is 90.2 cm³/mol. The lowest BCUT2D eigenvalue weighted by atomic mass is 9.78. The Kier molecular flexibility index (Phi) is 4.87. The van der Waals surface area contributed by atoms with Crippen molar-refractivity contribution >= 4 is 26.0 Å². The van der Waals surface area contributed by atoms with Gasteiger partial charge in [-0.15, -0.1) is 0 Å². The summed E-state index contributed by atoms with van der Waals surface area (Å²) in [5, 5.41) is 3.59. The molecule has 1 saturated carbocycles. The first-order chi connectivity index (χ1) is 10.4. The van der Waals surface area contributed by atoms with E-state index in [0.717, 1.165) is 30.3 Å². The van der Waals surface area contributed by atoms with Gasteiger partial charge in [0.1, 0.15) is 0 Å². The topological polar surface area (TPSA) is 62.3 Å². The van der Waals surface area contributed by atoms with Crippen molar-refractivity contribution in [3.63, 3.8) is 0 Å². The quantitative estimate of drug-likeness (QED) is 0.838. The standard InChI is InChI=1S/C15H22BrN3O2S/c1-22(20,21)19-5-4-11(10-19)8-17-14-6-12(7-14)15-3-2-13(16)9-18-15/h2-3,9,11-12,14,17H,4-8,10H2,1H3. The molecule has 0 bridgehead atoms. The van der Waals surface area contributed by atoms with Gasteiger partial charge in [0.15, 0.2) is 0 Å². The molecule has 0 aromatic carbocycles. The summed E-state index contributed by atoms with van der Waals surface area (Å²) in [6, 6.07) is 4.68. The first-order valence-corrected chi connectivity index (χ1v) is 10.4.